The number of nitrogens with two attached hydrogens (primary N) is 1. The smallest absolute Gasteiger partial charge is 0.0208 e. The van der Waals surface area contributed by atoms with Gasteiger partial charge in [-0.15, -0.1) is 0 Å². The minimum absolute atomic E-state index is 0.620. The molecule has 17 heavy (non-hydrogen) atoms. The van der Waals surface area contributed by atoms with Crippen LogP contribution in [0.4, 0.5) is 0 Å². The molecule has 2 rings (SSSR count). The Balaban J connectivity index is 1.88. The van der Waals surface area contributed by atoms with E-state index in [1.807, 2.05) is 0 Å². The molecule has 0 spiro atoms. The van der Waals surface area contributed by atoms with Gasteiger partial charge in [0.25, 0.3) is 0 Å². The summed E-state index contributed by atoms with van der Waals surface area (Å²) < 4.78 is 0. The first kappa shape index (κ1) is 12.6. The molecule has 0 radical (unpaired) electrons. The molecule has 1 aromatic rings. The zero-order chi connectivity index (χ0) is 12.1. The van der Waals surface area contributed by atoms with Crippen molar-refractivity contribution in [3.8, 4) is 0 Å². The lowest BCUT2D eigenvalue weighted by Crippen LogP contribution is -2.41. The van der Waals surface area contributed by atoms with E-state index in [1.165, 1.54) is 36.8 Å². The molecule has 0 bridgehead atoms. The Morgan fingerprint density at radius 1 is 1.29 bits per heavy atom. The number of benzene rings is 1. The summed E-state index contributed by atoms with van der Waals surface area (Å²) in [4.78, 5) is 0. The van der Waals surface area contributed by atoms with Crippen molar-refractivity contribution in [3.05, 3.63) is 35.4 Å². The van der Waals surface area contributed by atoms with Crippen LogP contribution in [0.5, 0.6) is 0 Å². The Morgan fingerprint density at radius 2 is 2.12 bits per heavy atom. The molecular formula is C15H24N2. The third-order valence-corrected chi connectivity index (χ3v) is 3.86. The predicted molar refractivity (Wildman–Crippen MR) is 72.8 cm³/mol. The van der Waals surface area contributed by atoms with Crippen molar-refractivity contribution < 1.29 is 0 Å². The van der Waals surface area contributed by atoms with E-state index in [1.54, 1.807) is 0 Å². The molecule has 1 fully saturated rings. The molecule has 94 valence electrons. The molecule has 2 nitrogen and oxygen atoms in total. The van der Waals surface area contributed by atoms with Crippen LogP contribution in [0, 0.1) is 12.8 Å². The summed E-state index contributed by atoms with van der Waals surface area (Å²) in [6, 6.07) is 9.35. The van der Waals surface area contributed by atoms with E-state index in [-0.39, 0.29) is 0 Å². The summed E-state index contributed by atoms with van der Waals surface area (Å²) in [5, 5.41) is 3.69. The molecule has 1 aliphatic carbocycles. The van der Waals surface area contributed by atoms with E-state index < -0.39 is 0 Å². The SMILES string of the molecule is Cc1cccc(CNC2CCCCC2CN)c1. The lowest BCUT2D eigenvalue weighted by Gasteiger charge is -2.31. The molecule has 0 aromatic heterocycles. The van der Waals surface area contributed by atoms with Crippen molar-refractivity contribution in [2.45, 2.75) is 45.2 Å². The fourth-order valence-corrected chi connectivity index (χ4v) is 2.83. The van der Waals surface area contributed by atoms with Crippen molar-refractivity contribution in [2.75, 3.05) is 6.54 Å². The van der Waals surface area contributed by atoms with Gasteiger partial charge in [0.1, 0.15) is 0 Å². The Bertz CT molecular complexity index is 349. The van der Waals surface area contributed by atoms with Gasteiger partial charge in [-0.3, -0.25) is 0 Å². The van der Waals surface area contributed by atoms with Crippen LogP contribution in [0.2, 0.25) is 0 Å². The molecule has 0 saturated heterocycles. The van der Waals surface area contributed by atoms with E-state index in [0.717, 1.165) is 13.1 Å². The maximum atomic E-state index is 5.85. The summed E-state index contributed by atoms with van der Waals surface area (Å²) in [7, 11) is 0. The fourth-order valence-electron chi connectivity index (χ4n) is 2.83. The summed E-state index contributed by atoms with van der Waals surface area (Å²) >= 11 is 0. The number of rotatable bonds is 4. The zero-order valence-electron chi connectivity index (χ0n) is 10.8. The number of hydrogen-bond acceptors (Lipinski definition) is 2. The number of aryl methyl sites for hydroxylation is 1. The van der Waals surface area contributed by atoms with E-state index in [4.69, 9.17) is 5.73 Å². The van der Waals surface area contributed by atoms with Crippen molar-refractivity contribution in [2.24, 2.45) is 11.7 Å². The minimum atomic E-state index is 0.620. The first-order valence-corrected chi connectivity index (χ1v) is 6.78. The number of nitrogens with one attached hydrogen (secondary N) is 1. The van der Waals surface area contributed by atoms with E-state index in [0.29, 0.717) is 12.0 Å². The Morgan fingerprint density at radius 3 is 2.88 bits per heavy atom. The monoisotopic (exact) mass is 232 g/mol. The topological polar surface area (TPSA) is 38.0 Å². The van der Waals surface area contributed by atoms with Crippen molar-refractivity contribution in [1.29, 1.82) is 0 Å². The summed E-state index contributed by atoms with van der Waals surface area (Å²) in [6.07, 6.45) is 5.28. The van der Waals surface area contributed by atoms with Crippen LogP contribution in [0.25, 0.3) is 0 Å². The number of hydrogen-bond donors (Lipinski definition) is 2. The van der Waals surface area contributed by atoms with Gasteiger partial charge in [0, 0.05) is 12.6 Å². The van der Waals surface area contributed by atoms with Gasteiger partial charge in [-0.05, 0) is 37.8 Å². The molecule has 3 N–H and O–H groups in total. The van der Waals surface area contributed by atoms with Crippen molar-refractivity contribution in [1.82, 2.24) is 5.32 Å². The first-order chi connectivity index (χ1) is 8.29. The Kier molecular flexibility index (Phi) is 4.57. The molecule has 2 heteroatoms. The quantitative estimate of drug-likeness (QED) is 0.837. The second kappa shape index (κ2) is 6.18. The van der Waals surface area contributed by atoms with Crippen LogP contribution >= 0.6 is 0 Å². The molecular weight excluding hydrogens is 208 g/mol. The third-order valence-electron chi connectivity index (χ3n) is 3.86. The van der Waals surface area contributed by atoms with Gasteiger partial charge in [0.05, 0.1) is 0 Å². The average molecular weight is 232 g/mol. The van der Waals surface area contributed by atoms with Gasteiger partial charge in [0.2, 0.25) is 0 Å². The average Bonchev–Trinajstić information content (AvgIpc) is 2.37. The first-order valence-electron chi connectivity index (χ1n) is 6.78. The lowest BCUT2D eigenvalue weighted by molar-refractivity contribution is 0.267. The van der Waals surface area contributed by atoms with Crippen LogP contribution in [0.3, 0.4) is 0 Å². The molecule has 0 heterocycles. The normalized spacial score (nSPS) is 24.8. The second-order valence-corrected chi connectivity index (χ2v) is 5.26. The molecule has 1 aliphatic rings. The highest BCUT2D eigenvalue weighted by Gasteiger charge is 2.22. The minimum Gasteiger partial charge on any atom is -0.330 e. The highest BCUT2D eigenvalue weighted by molar-refractivity contribution is 5.22. The van der Waals surface area contributed by atoms with E-state index in [9.17, 15) is 0 Å². The largest absolute Gasteiger partial charge is 0.330 e. The Labute approximate surface area is 105 Å². The third kappa shape index (κ3) is 3.55. The maximum absolute atomic E-state index is 5.85. The molecule has 2 atom stereocenters. The summed E-state index contributed by atoms with van der Waals surface area (Å²) in [5.74, 6) is 0.675. The van der Waals surface area contributed by atoms with Crippen LogP contribution < -0.4 is 11.1 Å². The van der Waals surface area contributed by atoms with Gasteiger partial charge in [0.15, 0.2) is 0 Å². The maximum Gasteiger partial charge on any atom is 0.0208 e. The van der Waals surface area contributed by atoms with Crippen LogP contribution in [-0.2, 0) is 6.54 Å². The van der Waals surface area contributed by atoms with E-state index in [2.05, 4.69) is 36.5 Å². The summed E-state index contributed by atoms with van der Waals surface area (Å²) in [6.45, 7) is 3.95. The van der Waals surface area contributed by atoms with Crippen molar-refractivity contribution >= 4 is 0 Å². The zero-order valence-corrected chi connectivity index (χ0v) is 10.8. The van der Waals surface area contributed by atoms with Crippen molar-refractivity contribution in [3.63, 3.8) is 0 Å². The molecule has 1 aromatic carbocycles. The summed E-state index contributed by atoms with van der Waals surface area (Å²) in [5.41, 5.74) is 8.56. The standard InChI is InChI=1S/C15H24N2/c1-12-5-4-6-13(9-12)11-17-15-8-3-2-7-14(15)10-16/h4-6,9,14-15,17H,2-3,7-8,10-11,16H2,1H3. The molecule has 2 unspecified atom stereocenters. The van der Waals surface area contributed by atoms with Gasteiger partial charge in [-0.25, -0.2) is 0 Å². The lowest BCUT2D eigenvalue weighted by atomic mass is 9.84. The highest BCUT2D eigenvalue weighted by atomic mass is 14.9. The van der Waals surface area contributed by atoms with Crippen LogP contribution in [-0.4, -0.2) is 12.6 Å². The fraction of sp³-hybridized carbons (Fsp3) is 0.600. The van der Waals surface area contributed by atoms with Gasteiger partial charge < -0.3 is 11.1 Å². The molecule has 1 saturated carbocycles. The second-order valence-electron chi connectivity index (χ2n) is 5.26. The van der Waals surface area contributed by atoms with Gasteiger partial charge in [-0.2, -0.15) is 0 Å². The van der Waals surface area contributed by atoms with E-state index >= 15 is 0 Å². The molecule has 0 amide bonds. The Hall–Kier alpha value is -0.860. The predicted octanol–water partition coefficient (Wildman–Crippen LogP) is 2.60. The van der Waals surface area contributed by atoms with Crippen LogP contribution in [0.1, 0.15) is 36.8 Å². The van der Waals surface area contributed by atoms with Crippen LogP contribution in [0.15, 0.2) is 24.3 Å². The van der Waals surface area contributed by atoms with Gasteiger partial charge >= 0.3 is 0 Å². The highest BCUT2D eigenvalue weighted by Crippen LogP contribution is 2.23. The molecule has 0 aliphatic heterocycles. The van der Waals surface area contributed by atoms with Gasteiger partial charge in [-0.1, -0.05) is 42.7 Å².